The highest BCUT2D eigenvalue weighted by Gasteiger charge is 2.24. The lowest BCUT2D eigenvalue weighted by Crippen LogP contribution is -2.50. The molecule has 1 amide bonds. The predicted molar refractivity (Wildman–Crippen MR) is 88.6 cm³/mol. The van der Waals surface area contributed by atoms with Crippen molar-refractivity contribution in [1.82, 2.24) is 9.80 Å². The fourth-order valence-electron chi connectivity index (χ4n) is 2.73. The highest BCUT2D eigenvalue weighted by molar-refractivity contribution is 6.32. The van der Waals surface area contributed by atoms with Gasteiger partial charge in [0.2, 0.25) is 0 Å². The molecule has 23 heavy (non-hydrogen) atoms. The van der Waals surface area contributed by atoms with E-state index in [1.165, 1.54) is 14.2 Å². The fraction of sp³-hybridized carbons (Fsp3) is 0.562. The van der Waals surface area contributed by atoms with Crippen LogP contribution in [0.1, 0.15) is 17.3 Å². The number of aliphatic hydroxyl groups is 1. The molecule has 0 aromatic heterocycles. The van der Waals surface area contributed by atoms with E-state index in [0.29, 0.717) is 41.7 Å². The number of nitrogens with zero attached hydrogens (tertiary/aromatic N) is 2. The molecule has 1 aliphatic heterocycles. The van der Waals surface area contributed by atoms with E-state index in [9.17, 15) is 9.90 Å². The SMILES string of the molecule is COc1cc(C(=O)N2CCN(C[C@@H](C)O)CC2)cc(Cl)c1OC. The van der Waals surface area contributed by atoms with Gasteiger partial charge in [-0.25, -0.2) is 0 Å². The fourth-order valence-corrected chi connectivity index (χ4v) is 3.02. The second kappa shape index (κ2) is 7.86. The number of methoxy groups -OCH3 is 2. The maximum atomic E-state index is 12.7. The van der Waals surface area contributed by atoms with Gasteiger partial charge in [-0.2, -0.15) is 0 Å². The molecule has 128 valence electrons. The minimum Gasteiger partial charge on any atom is -0.493 e. The van der Waals surface area contributed by atoms with E-state index in [1.54, 1.807) is 24.0 Å². The van der Waals surface area contributed by atoms with Gasteiger partial charge < -0.3 is 19.5 Å². The molecule has 1 fully saturated rings. The molecule has 0 spiro atoms. The van der Waals surface area contributed by atoms with Crippen molar-refractivity contribution in [2.75, 3.05) is 46.9 Å². The van der Waals surface area contributed by atoms with Gasteiger partial charge in [-0.05, 0) is 19.1 Å². The first-order chi connectivity index (χ1) is 11.0. The number of piperazine rings is 1. The standard InChI is InChI=1S/C16H23ClN2O4/c1-11(20)10-18-4-6-19(7-5-18)16(21)12-8-13(17)15(23-3)14(9-12)22-2/h8-9,11,20H,4-7,10H2,1-3H3/t11-/m1/s1. The van der Waals surface area contributed by atoms with Gasteiger partial charge in [0, 0.05) is 38.3 Å². The Morgan fingerprint density at radius 3 is 2.43 bits per heavy atom. The van der Waals surface area contributed by atoms with Crippen LogP contribution in [0.25, 0.3) is 0 Å². The van der Waals surface area contributed by atoms with E-state index in [-0.39, 0.29) is 12.0 Å². The molecular weight excluding hydrogens is 320 g/mol. The summed E-state index contributed by atoms with van der Waals surface area (Å²) in [5.41, 5.74) is 0.483. The van der Waals surface area contributed by atoms with Crippen molar-refractivity contribution in [3.63, 3.8) is 0 Å². The predicted octanol–water partition coefficient (Wildman–Crippen LogP) is 1.50. The first-order valence-corrected chi connectivity index (χ1v) is 7.95. The molecule has 2 rings (SSSR count). The van der Waals surface area contributed by atoms with Gasteiger partial charge in [0.25, 0.3) is 5.91 Å². The molecule has 6 nitrogen and oxygen atoms in total. The second-order valence-electron chi connectivity index (χ2n) is 5.64. The largest absolute Gasteiger partial charge is 0.493 e. The number of hydrogen-bond acceptors (Lipinski definition) is 5. The number of hydrogen-bond donors (Lipinski definition) is 1. The van der Waals surface area contributed by atoms with Crippen molar-refractivity contribution >= 4 is 17.5 Å². The summed E-state index contributed by atoms with van der Waals surface area (Å²) >= 11 is 6.17. The smallest absolute Gasteiger partial charge is 0.254 e. The Hall–Kier alpha value is -1.50. The molecular formula is C16H23ClN2O4. The van der Waals surface area contributed by atoms with Gasteiger partial charge in [0.1, 0.15) is 0 Å². The molecule has 1 aliphatic rings. The first-order valence-electron chi connectivity index (χ1n) is 7.57. The minimum atomic E-state index is -0.359. The Morgan fingerprint density at radius 1 is 1.26 bits per heavy atom. The maximum Gasteiger partial charge on any atom is 0.254 e. The lowest BCUT2D eigenvalue weighted by atomic mass is 10.1. The third kappa shape index (κ3) is 4.28. The van der Waals surface area contributed by atoms with Gasteiger partial charge in [0.15, 0.2) is 11.5 Å². The van der Waals surface area contributed by atoms with E-state index < -0.39 is 0 Å². The molecule has 1 saturated heterocycles. The second-order valence-corrected chi connectivity index (χ2v) is 6.04. The van der Waals surface area contributed by atoms with Crippen LogP contribution >= 0.6 is 11.6 Å². The highest BCUT2D eigenvalue weighted by Crippen LogP contribution is 2.36. The van der Waals surface area contributed by atoms with Crippen molar-refractivity contribution in [2.45, 2.75) is 13.0 Å². The minimum absolute atomic E-state index is 0.0791. The number of carbonyl (C=O) groups excluding carboxylic acids is 1. The van der Waals surface area contributed by atoms with Crippen molar-refractivity contribution in [1.29, 1.82) is 0 Å². The zero-order chi connectivity index (χ0) is 17.0. The first kappa shape index (κ1) is 17.8. The van der Waals surface area contributed by atoms with Gasteiger partial charge in [0.05, 0.1) is 25.3 Å². The van der Waals surface area contributed by atoms with E-state index in [4.69, 9.17) is 21.1 Å². The lowest BCUT2D eigenvalue weighted by molar-refractivity contribution is 0.0554. The zero-order valence-electron chi connectivity index (χ0n) is 13.7. The molecule has 7 heteroatoms. The highest BCUT2D eigenvalue weighted by atomic mass is 35.5. The number of benzene rings is 1. The third-order valence-electron chi connectivity index (χ3n) is 3.86. The Morgan fingerprint density at radius 2 is 1.91 bits per heavy atom. The molecule has 1 heterocycles. The summed E-state index contributed by atoms with van der Waals surface area (Å²) in [5, 5.41) is 9.78. The number of ether oxygens (including phenoxy) is 2. The molecule has 0 aliphatic carbocycles. The van der Waals surface area contributed by atoms with Gasteiger partial charge in [-0.1, -0.05) is 11.6 Å². The summed E-state index contributed by atoms with van der Waals surface area (Å²) in [4.78, 5) is 16.6. The van der Waals surface area contributed by atoms with Gasteiger partial charge in [-0.3, -0.25) is 9.69 Å². The summed E-state index contributed by atoms with van der Waals surface area (Å²) in [7, 11) is 3.02. The Balaban J connectivity index is 2.08. The monoisotopic (exact) mass is 342 g/mol. The molecule has 0 unspecified atom stereocenters. The molecule has 1 aromatic rings. The topological polar surface area (TPSA) is 62.2 Å². The van der Waals surface area contributed by atoms with Crippen molar-refractivity contribution in [3.05, 3.63) is 22.7 Å². The number of amides is 1. The number of rotatable bonds is 5. The quantitative estimate of drug-likeness (QED) is 0.878. The lowest BCUT2D eigenvalue weighted by Gasteiger charge is -2.35. The van der Waals surface area contributed by atoms with Crippen LogP contribution in [0.15, 0.2) is 12.1 Å². The van der Waals surface area contributed by atoms with Crippen molar-refractivity contribution in [3.8, 4) is 11.5 Å². The van der Waals surface area contributed by atoms with Crippen LogP contribution in [0.2, 0.25) is 5.02 Å². The van der Waals surface area contributed by atoms with E-state index in [2.05, 4.69) is 4.90 Å². The number of aliphatic hydroxyl groups excluding tert-OH is 1. The Labute approximate surface area is 141 Å². The summed E-state index contributed by atoms with van der Waals surface area (Å²) in [6.07, 6.45) is -0.359. The summed E-state index contributed by atoms with van der Waals surface area (Å²) in [6.45, 7) is 5.14. The molecule has 0 radical (unpaired) electrons. The maximum absolute atomic E-state index is 12.7. The average Bonchev–Trinajstić information content (AvgIpc) is 2.53. The van der Waals surface area contributed by atoms with Crippen LogP contribution in [0.4, 0.5) is 0 Å². The normalized spacial score (nSPS) is 17.0. The van der Waals surface area contributed by atoms with Crippen LogP contribution in [-0.4, -0.2) is 73.9 Å². The van der Waals surface area contributed by atoms with Crippen molar-refractivity contribution in [2.24, 2.45) is 0 Å². The number of β-amino-alcohol motifs (C(OH)–C–C–N with tert-alkyl or cyclic N) is 1. The summed E-state index contributed by atoms with van der Waals surface area (Å²) < 4.78 is 10.4. The molecule has 0 bridgehead atoms. The van der Waals surface area contributed by atoms with Crippen LogP contribution in [0.3, 0.4) is 0 Å². The third-order valence-corrected chi connectivity index (χ3v) is 4.14. The van der Waals surface area contributed by atoms with Crippen LogP contribution in [0.5, 0.6) is 11.5 Å². The average molecular weight is 343 g/mol. The number of halogens is 1. The van der Waals surface area contributed by atoms with E-state index in [0.717, 1.165) is 13.1 Å². The van der Waals surface area contributed by atoms with Crippen molar-refractivity contribution < 1.29 is 19.4 Å². The Kier molecular flexibility index (Phi) is 6.10. The molecule has 1 aromatic carbocycles. The molecule has 0 saturated carbocycles. The van der Waals surface area contributed by atoms with E-state index in [1.807, 2.05) is 0 Å². The van der Waals surface area contributed by atoms with E-state index >= 15 is 0 Å². The Bertz CT molecular complexity index is 557. The molecule has 1 N–H and O–H groups in total. The van der Waals surface area contributed by atoms with Gasteiger partial charge >= 0.3 is 0 Å². The van der Waals surface area contributed by atoms with Crippen LogP contribution < -0.4 is 9.47 Å². The zero-order valence-corrected chi connectivity index (χ0v) is 14.5. The van der Waals surface area contributed by atoms with Gasteiger partial charge in [-0.15, -0.1) is 0 Å². The summed E-state index contributed by atoms with van der Waals surface area (Å²) in [5.74, 6) is 0.785. The number of carbonyl (C=O) groups is 1. The van der Waals surface area contributed by atoms with Crippen LogP contribution in [0, 0.1) is 0 Å². The molecule has 1 atom stereocenters. The van der Waals surface area contributed by atoms with Crippen LogP contribution in [-0.2, 0) is 0 Å². The summed E-state index contributed by atoms with van der Waals surface area (Å²) in [6, 6.07) is 3.25.